The maximum atomic E-state index is 11.7. The van der Waals surface area contributed by atoms with Crippen LogP contribution >= 0.6 is 11.6 Å². The summed E-state index contributed by atoms with van der Waals surface area (Å²) in [6.07, 6.45) is 5.12. The van der Waals surface area contributed by atoms with Gasteiger partial charge in [0.05, 0.1) is 5.41 Å². The number of hydrogen-bond donors (Lipinski definition) is 1. The Balaban J connectivity index is 1.25. The number of nitrogens with zero attached hydrogens (tertiary/aromatic N) is 2. The third-order valence-corrected chi connectivity index (χ3v) is 7.97. The Morgan fingerprint density at radius 1 is 1.00 bits per heavy atom. The second kappa shape index (κ2) is 10.3. The average molecular weight is 501 g/mol. The number of rotatable bonds is 7. The summed E-state index contributed by atoms with van der Waals surface area (Å²) < 4.78 is 5.54. The molecule has 0 amide bonds. The van der Waals surface area contributed by atoms with E-state index in [9.17, 15) is 9.90 Å². The molecule has 184 valence electrons. The number of carboxylic acids is 1. The molecule has 1 heterocycles. The zero-order valence-electron chi connectivity index (χ0n) is 20.3. The number of hydrogen-bond acceptors (Lipinski definition) is 4. The summed E-state index contributed by atoms with van der Waals surface area (Å²) in [5, 5.41) is 14.4. The Morgan fingerprint density at radius 2 is 1.69 bits per heavy atom. The number of halogens is 1. The molecule has 0 saturated heterocycles. The van der Waals surface area contributed by atoms with Gasteiger partial charge in [-0.15, -0.1) is 0 Å². The summed E-state index contributed by atoms with van der Waals surface area (Å²) in [6, 6.07) is 24.0. The topological polar surface area (TPSA) is 76.2 Å². The molecule has 1 saturated carbocycles. The second-order valence-corrected chi connectivity index (χ2v) is 10.2. The molecule has 3 aromatic carbocycles. The first-order chi connectivity index (χ1) is 17.5. The molecule has 36 heavy (non-hydrogen) atoms. The van der Waals surface area contributed by atoms with Crippen LogP contribution in [0.4, 0.5) is 0 Å². The van der Waals surface area contributed by atoms with Gasteiger partial charge in [-0.3, -0.25) is 4.79 Å². The maximum Gasteiger partial charge on any atom is 0.309 e. The van der Waals surface area contributed by atoms with E-state index in [-0.39, 0.29) is 0 Å². The largest absolute Gasteiger partial charge is 0.481 e. The van der Waals surface area contributed by atoms with Crippen LogP contribution < -0.4 is 0 Å². The van der Waals surface area contributed by atoms with E-state index in [1.165, 1.54) is 5.56 Å². The Labute approximate surface area is 216 Å². The summed E-state index contributed by atoms with van der Waals surface area (Å²) in [5.41, 5.74) is 4.40. The molecule has 4 aromatic rings. The minimum Gasteiger partial charge on any atom is -0.481 e. The number of aliphatic carboxylic acids is 1. The van der Waals surface area contributed by atoms with Gasteiger partial charge >= 0.3 is 5.97 Å². The highest BCUT2D eigenvalue weighted by molar-refractivity contribution is 6.33. The molecule has 0 unspecified atom stereocenters. The van der Waals surface area contributed by atoms with E-state index in [1.807, 2.05) is 67.6 Å². The minimum atomic E-state index is -0.637. The lowest BCUT2D eigenvalue weighted by Gasteiger charge is -2.36. The number of benzene rings is 3. The molecule has 0 atom stereocenters. The van der Waals surface area contributed by atoms with Crippen LogP contribution in [0.15, 0.2) is 77.3 Å². The predicted molar refractivity (Wildman–Crippen MR) is 142 cm³/mol. The molecule has 0 bridgehead atoms. The van der Waals surface area contributed by atoms with E-state index in [2.05, 4.69) is 22.3 Å². The van der Waals surface area contributed by atoms with Crippen molar-refractivity contribution in [3.8, 4) is 34.0 Å². The molecular formula is C30H29ClN2O3. The monoisotopic (exact) mass is 500 g/mol. The van der Waals surface area contributed by atoms with Crippen LogP contribution in [0, 0.1) is 11.3 Å². The van der Waals surface area contributed by atoms with Crippen molar-refractivity contribution in [1.29, 1.82) is 0 Å². The van der Waals surface area contributed by atoms with Crippen LogP contribution in [0.2, 0.25) is 5.02 Å². The average Bonchev–Trinajstić information content (AvgIpc) is 3.40. The first kappa shape index (κ1) is 24.3. The molecular weight excluding hydrogens is 472 g/mol. The normalized spacial score (nSPS) is 19.8. The number of aromatic nitrogens is 2. The molecule has 1 N–H and O–H groups in total. The van der Waals surface area contributed by atoms with E-state index < -0.39 is 11.4 Å². The fourth-order valence-corrected chi connectivity index (χ4v) is 5.52. The zero-order chi connectivity index (χ0) is 25.1. The van der Waals surface area contributed by atoms with Crippen LogP contribution in [0.3, 0.4) is 0 Å². The van der Waals surface area contributed by atoms with Gasteiger partial charge in [0.1, 0.15) is 0 Å². The predicted octanol–water partition coefficient (Wildman–Crippen LogP) is 7.94. The van der Waals surface area contributed by atoms with Crippen LogP contribution in [0.1, 0.15) is 44.6 Å². The summed E-state index contributed by atoms with van der Waals surface area (Å²) in [4.78, 5) is 16.3. The van der Waals surface area contributed by atoms with Crippen molar-refractivity contribution in [2.24, 2.45) is 11.3 Å². The summed E-state index contributed by atoms with van der Waals surface area (Å²) in [6.45, 7) is 1.99. The van der Waals surface area contributed by atoms with Gasteiger partial charge in [-0.25, -0.2) is 0 Å². The maximum absolute atomic E-state index is 11.7. The van der Waals surface area contributed by atoms with Crippen molar-refractivity contribution in [3.05, 3.63) is 83.4 Å². The standard InChI is InChI=1S/C30H29ClN2O3/c1-2-30(29(34)35)16-14-21(15-17-30)18-20-8-10-23(11-9-20)27-32-28(36-33-27)24-12-13-25(26(31)19-24)22-6-4-3-5-7-22/h3-13,19,21H,2,14-18H2,1H3,(H,34,35). The van der Waals surface area contributed by atoms with Crippen molar-refractivity contribution in [3.63, 3.8) is 0 Å². The molecule has 1 aliphatic carbocycles. The lowest BCUT2D eigenvalue weighted by Crippen LogP contribution is -2.35. The van der Waals surface area contributed by atoms with Gasteiger partial charge in [-0.2, -0.15) is 4.98 Å². The Bertz CT molecular complexity index is 1340. The van der Waals surface area contributed by atoms with Gasteiger partial charge in [-0.1, -0.05) is 84.3 Å². The van der Waals surface area contributed by atoms with E-state index in [0.29, 0.717) is 29.1 Å². The summed E-state index contributed by atoms with van der Waals surface area (Å²) >= 11 is 6.56. The van der Waals surface area contributed by atoms with Gasteiger partial charge < -0.3 is 9.63 Å². The molecule has 5 nitrogen and oxygen atoms in total. The van der Waals surface area contributed by atoms with E-state index in [4.69, 9.17) is 16.1 Å². The van der Waals surface area contributed by atoms with Gasteiger partial charge in [0.25, 0.3) is 5.89 Å². The quantitative estimate of drug-likeness (QED) is 0.278. The van der Waals surface area contributed by atoms with E-state index in [1.54, 1.807) is 0 Å². The molecule has 0 radical (unpaired) electrons. The fraction of sp³-hybridized carbons (Fsp3) is 0.300. The SMILES string of the molecule is CCC1(C(=O)O)CCC(Cc2ccc(-c3noc(-c4ccc(-c5ccccc5)c(Cl)c4)n3)cc2)CC1. The number of carbonyl (C=O) groups is 1. The minimum absolute atomic E-state index is 0.427. The van der Waals surface area contributed by atoms with Crippen LogP contribution in [-0.4, -0.2) is 21.2 Å². The summed E-state index contributed by atoms with van der Waals surface area (Å²) in [7, 11) is 0. The number of carboxylic acid groups (broad SMARTS) is 1. The van der Waals surface area contributed by atoms with Crippen molar-refractivity contribution in [2.75, 3.05) is 0 Å². The van der Waals surface area contributed by atoms with E-state index >= 15 is 0 Å². The molecule has 1 aliphatic rings. The highest BCUT2D eigenvalue weighted by Crippen LogP contribution is 2.42. The molecule has 0 spiro atoms. The molecule has 5 rings (SSSR count). The Hall–Kier alpha value is -3.44. The van der Waals surface area contributed by atoms with Crippen molar-refractivity contribution < 1.29 is 14.4 Å². The molecule has 6 heteroatoms. The van der Waals surface area contributed by atoms with Gasteiger partial charge in [-0.05, 0) is 67.7 Å². The molecule has 1 fully saturated rings. The molecule has 0 aliphatic heterocycles. The first-order valence-corrected chi connectivity index (χ1v) is 12.9. The van der Waals surface area contributed by atoms with Gasteiger partial charge in [0, 0.05) is 21.7 Å². The highest BCUT2D eigenvalue weighted by atomic mass is 35.5. The third kappa shape index (κ3) is 4.93. The first-order valence-electron chi connectivity index (χ1n) is 12.5. The van der Waals surface area contributed by atoms with Crippen molar-refractivity contribution >= 4 is 17.6 Å². The smallest absolute Gasteiger partial charge is 0.309 e. The van der Waals surface area contributed by atoms with Crippen LogP contribution in [0.5, 0.6) is 0 Å². The summed E-state index contributed by atoms with van der Waals surface area (Å²) in [5.74, 6) is 0.847. The van der Waals surface area contributed by atoms with Crippen molar-refractivity contribution in [1.82, 2.24) is 10.1 Å². The van der Waals surface area contributed by atoms with Gasteiger partial charge in [0.2, 0.25) is 5.82 Å². The highest BCUT2D eigenvalue weighted by Gasteiger charge is 2.40. The van der Waals surface area contributed by atoms with Crippen molar-refractivity contribution in [2.45, 2.75) is 45.4 Å². The Kier molecular flexibility index (Phi) is 6.92. The Morgan fingerprint density at radius 3 is 2.33 bits per heavy atom. The molecule has 1 aromatic heterocycles. The lowest BCUT2D eigenvalue weighted by atomic mass is 9.68. The lowest BCUT2D eigenvalue weighted by molar-refractivity contribution is -0.151. The second-order valence-electron chi connectivity index (χ2n) is 9.77. The van der Waals surface area contributed by atoms with Crippen LogP contribution in [-0.2, 0) is 11.2 Å². The zero-order valence-corrected chi connectivity index (χ0v) is 21.0. The van der Waals surface area contributed by atoms with Gasteiger partial charge in [0.15, 0.2) is 0 Å². The fourth-order valence-electron chi connectivity index (χ4n) is 5.23. The third-order valence-electron chi connectivity index (χ3n) is 7.66. The van der Waals surface area contributed by atoms with E-state index in [0.717, 1.165) is 54.4 Å². The van der Waals surface area contributed by atoms with Crippen LogP contribution in [0.25, 0.3) is 34.0 Å².